The molecule has 1 aromatic rings. The predicted octanol–water partition coefficient (Wildman–Crippen LogP) is 3.21. The van der Waals surface area contributed by atoms with Crippen LogP contribution in [0.1, 0.15) is 49.0 Å². The molecule has 2 atom stereocenters. The summed E-state index contributed by atoms with van der Waals surface area (Å²) in [6, 6.07) is 8.06. The second-order valence-corrected chi connectivity index (χ2v) is 7.63. The Kier molecular flexibility index (Phi) is 5.97. The van der Waals surface area contributed by atoms with Crippen LogP contribution in [0, 0.1) is 6.92 Å². The van der Waals surface area contributed by atoms with Gasteiger partial charge in [0.1, 0.15) is 5.75 Å². The average Bonchev–Trinajstić information content (AvgIpc) is 2.75. The van der Waals surface area contributed by atoms with Gasteiger partial charge in [0.15, 0.2) is 0 Å². The van der Waals surface area contributed by atoms with E-state index in [0.29, 0.717) is 0 Å². The molecular formula is C17H25NO2S. The van der Waals surface area contributed by atoms with Gasteiger partial charge in [-0.1, -0.05) is 42.7 Å². The highest BCUT2D eigenvalue weighted by Gasteiger charge is 2.21. The van der Waals surface area contributed by atoms with Crippen LogP contribution >= 0.6 is 0 Å². The summed E-state index contributed by atoms with van der Waals surface area (Å²) in [6.45, 7) is 5.63. The minimum absolute atomic E-state index is 0.0507. The van der Waals surface area contributed by atoms with Gasteiger partial charge < -0.3 is 4.90 Å². The molecule has 1 aliphatic heterocycles. The van der Waals surface area contributed by atoms with E-state index in [1.54, 1.807) is 0 Å². The first kappa shape index (κ1) is 16.2. The lowest BCUT2D eigenvalue weighted by Gasteiger charge is -2.21. The predicted molar refractivity (Wildman–Crippen MR) is 87.7 cm³/mol. The van der Waals surface area contributed by atoms with Gasteiger partial charge >= 0.3 is 0 Å². The molecule has 1 heterocycles. The highest BCUT2D eigenvalue weighted by Crippen LogP contribution is 2.21. The molecule has 0 aliphatic carbocycles. The molecule has 0 spiro atoms. The van der Waals surface area contributed by atoms with Gasteiger partial charge in [-0.3, -0.25) is 9.00 Å². The van der Waals surface area contributed by atoms with Crippen LogP contribution in [0.2, 0.25) is 0 Å². The number of carbonyl (C=O) groups excluding carboxylic acids is 1. The van der Waals surface area contributed by atoms with Crippen LogP contribution in [-0.2, 0) is 15.6 Å². The molecule has 1 aromatic carbocycles. The first-order valence-corrected chi connectivity index (χ1v) is 9.17. The Morgan fingerprint density at radius 3 is 2.52 bits per heavy atom. The van der Waals surface area contributed by atoms with Gasteiger partial charge in [0.05, 0.1) is 5.25 Å². The average molecular weight is 307 g/mol. The number of hydrogen-bond acceptors (Lipinski definition) is 2. The largest absolute Gasteiger partial charge is 0.342 e. The Hall–Kier alpha value is -1.16. The standard InChI is InChI=1S/C17H25NO2S/c1-14-8-7-9-16(12-14)15(2)21(20)13-17(19)18-10-5-3-4-6-11-18/h7-9,12,15H,3-6,10-11,13H2,1-2H3. The number of nitrogens with zero attached hydrogens (tertiary/aromatic N) is 1. The maximum absolute atomic E-state index is 12.5. The van der Waals surface area contributed by atoms with Crippen molar-refractivity contribution >= 4 is 16.7 Å². The quantitative estimate of drug-likeness (QED) is 0.856. The van der Waals surface area contributed by atoms with E-state index in [1.807, 2.05) is 36.9 Å². The van der Waals surface area contributed by atoms with Crippen LogP contribution in [0.3, 0.4) is 0 Å². The number of amides is 1. The Morgan fingerprint density at radius 2 is 1.90 bits per heavy atom. The molecule has 2 unspecified atom stereocenters. The zero-order valence-electron chi connectivity index (χ0n) is 13.0. The first-order valence-electron chi connectivity index (χ1n) is 7.79. The lowest BCUT2D eigenvalue weighted by molar-refractivity contribution is -0.128. The molecule has 0 radical (unpaired) electrons. The minimum atomic E-state index is -1.15. The number of benzene rings is 1. The fourth-order valence-electron chi connectivity index (χ4n) is 2.73. The van der Waals surface area contributed by atoms with E-state index < -0.39 is 10.8 Å². The molecule has 3 nitrogen and oxygen atoms in total. The lowest BCUT2D eigenvalue weighted by Crippen LogP contribution is -2.35. The van der Waals surface area contributed by atoms with Crippen LogP contribution in [0.4, 0.5) is 0 Å². The van der Waals surface area contributed by atoms with Crippen LogP contribution in [0.15, 0.2) is 24.3 Å². The van der Waals surface area contributed by atoms with E-state index in [9.17, 15) is 9.00 Å². The summed E-state index contributed by atoms with van der Waals surface area (Å²) in [5.41, 5.74) is 2.21. The molecule has 1 saturated heterocycles. The topological polar surface area (TPSA) is 37.4 Å². The molecule has 1 amide bonds. The summed E-state index contributed by atoms with van der Waals surface area (Å²) in [5.74, 6) is 0.199. The van der Waals surface area contributed by atoms with Crippen LogP contribution in [0.5, 0.6) is 0 Å². The van der Waals surface area contributed by atoms with Crippen LogP contribution in [0.25, 0.3) is 0 Å². The van der Waals surface area contributed by atoms with Crippen molar-refractivity contribution in [2.24, 2.45) is 0 Å². The molecule has 0 saturated carbocycles. The molecule has 116 valence electrons. The molecule has 0 aromatic heterocycles. The number of aryl methyl sites for hydroxylation is 1. The van der Waals surface area contributed by atoms with Crippen molar-refractivity contribution in [1.29, 1.82) is 0 Å². The maximum Gasteiger partial charge on any atom is 0.235 e. The van der Waals surface area contributed by atoms with E-state index in [4.69, 9.17) is 0 Å². The van der Waals surface area contributed by atoms with E-state index >= 15 is 0 Å². The Labute approximate surface area is 130 Å². The zero-order valence-corrected chi connectivity index (χ0v) is 13.8. The molecule has 21 heavy (non-hydrogen) atoms. The second-order valence-electron chi connectivity index (χ2n) is 5.88. The van der Waals surface area contributed by atoms with Crippen molar-refractivity contribution in [2.75, 3.05) is 18.8 Å². The molecule has 1 fully saturated rings. The van der Waals surface area contributed by atoms with Crippen molar-refractivity contribution in [3.63, 3.8) is 0 Å². The summed E-state index contributed by atoms with van der Waals surface area (Å²) in [6.07, 6.45) is 4.55. The molecule has 0 N–H and O–H groups in total. The molecular weight excluding hydrogens is 282 g/mol. The minimum Gasteiger partial charge on any atom is -0.342 e. The van der Waals surface area contributed by atoms with Gasteiger partial charge in [-0.2, -0.15) is 0 Å². The monoisotopic (exact) mass is 307 g/mol. The number of rotatable bonds is 4. The first-order chi connectivity index (χ1) is 10.1. The van der Waals surface area contributed by atoms with E-state index in [-0.39, 0.29) is 16.9 Å². The third-order valence-electron chi connectivity index (χ3n) is 4.13. The Balaban J connectivity index is 1.95. The van der Waals surface area contributed by atoms with Crippen LogP contribution in [-0.4, -0.2) is 33.9 Å². The SMILES string of the molecule is Cc1cccc(C(C)S(=O)CC(=O)N2CCCCCC2)c1. The van der Waals surface area contributed by atoms with E-state index in [2.05, 4.69) is 6.07 Å². The van der Waals surface area contributed by atoms with Crippen LogP contribution < -0.4 is 0 Å². The van der Waals surface area contributed by atoms with Gasteiger partial charge in [-0.05, 0) is 32.3 Å². The normalized spacial score (nSPS) is 18.9. The number of hydrogen-bond donors (Lipinski definition) is 0. The van der Waals surface area contributed by atoms with Gasteiger partial charge in [-0.25, -0.2) is 0 Å². The lowest BCUT2D eigenvalue weighted by atomic mass is 10.1. The molecule has 4 heteroatoms. The number of carbonyl (C=O) groups is 1. The van der Waals surface area contributed by atoms with Crippen molar-refractivity contribution in [1.82, 2.24) is 4.90 Å². The zero-order chi connectivity index (χ0) is 15.2. The maximum atomic E-state index is 12.5. The Bertz CT molecular complexity index is 507. The van der Waals surface area contributed by atoms with Crippen molar-refractivity contribution in [2.45, 2.75) is 44.8 Å². The molecule has 2 rings (SSSR count). The van der Waals surface area contributed by atoms with Gasteiger partial charge in [-0.15, -0.1) is 0 Å². The van der Waals surface area contributed by atoms with Gasteiger partial charge in [0.25, 0.3) is 0 Å². The van der Waals surface area contributed by atoms with Crippen molar-refractivity contribution in [3.05, 3.63) is 35.4 Å². The highest BCUT2D eigenvalue weighted by atomic mass is 32.2. The van der Waals surface area contributed by atoms with E-state index in [0.717, 1.165) is 37.1 Å². The summed E-state index contributed by atoms with van der Waals surface area (Å²) < 4.78 is 12.5. The summed E-state index contributed by atoms with van der Waals surface area (Å²) in [5, 5.41) is -0.0965. The summed E-state index contributed by atoms with van der Waals surface area (Å²) in [4.78, 5) is 14.2. The van der Waals surface area contributed by atoms with Gasteiger partial charge in [0.2, 0.25) is 5.91 Å². The highest BCUT2D eigenvalue weighted by molar-refractivity contribution is 7.86. The second kappa shape index (κ2) is 7.74. The summed E-state index contributed by atoms with van der Waals surface area (Å²) >= 11 is 0. The third kappa shape index (κ3) is 4.67. The summed E-state index contributed by atoms with van der Waals surface area (Å²) in [7, 11) is -1.15. The fraction of sp³-hybridized carbons (Fsp3) is 0.588. The van der Waals surface area contributed by atoms with Crippen molar-refractivity contribution in [3.8, 4) is 0 Å². The van der Waals surface area contributed by atoms with Gasteiger partial charge in [0, 0.05) is 23.9 Å². The fourth-order valence-corrected chi connectivity index (χ4v) is 3.86. The molecule has 0 bridgehead atoms. The Morgan fingerprint density at radius 1 is 1.24 bits per heavy atom. The van der Waals surface area contributed by atoms with E-state index in [1.165, 1.54) is 12.8 Å². The third-order valence-corrected chi connectivity index (χ3v) is 5.72. The van der Waals surface area contributed by atoms with Crippen molar-refractivity contribution < 1.29 is 9.00 Å². The molecule has 1 aliphatic rings. The smallest absolute Gasteiger partial charge is 0.235 e. The number of likely N-dealkylation sites (tertiary alicyclic amines) is 1.